The number of hydrogen-bond acceptors (Lipinski definition) is 6. The zero-order valence-electron chi connectivity index (χ0n) is 13.8. The Kier molecular flexibility index (Phi) is 5.06. The van der Waals surface area contributed by atoms with Gasteiger partial charge in [-0.15, -0.1) is 0 Å². The van der Waals surface area contributed by atoms with Crippen molar-refractivity contribution in [2.24, 2.45) is 0 Å². The summed E-state index contributed by atoms with van der Waals surface area (Å²) in [6.07, 6.45) is 0. The van der Waals surface area contributed by atoms with Crippen molar-refractivity contribution in [3.8, 4) is 11.5 Å². The van der Waals surface area contributed by atoms with Gasteiger partial charge in [0.05, 0.1) is 10.6 Å². The third-order valence-electron chi connectivity index (χ3n) is 3.50. The van der Waals surface area contributed by atoms with Gasteiger partial charge in [0.2, 0.25) is 0 Å². The number of benzene rings is 3. The number of sulfonamides is 1. The van der Waals surface area contributed by atoms with Gasteiger partial charge in [-0.1, -0.05) is 36.4 Å². The van der Waals surface area contributed by atoms with Gasteiger partial charge in [-0.05, 0) is 36.4 Å². The lowest BCUT2D eigenvalue weighted by molar-refractivity contribution is 0.428. The minimum atomic E-state index is -4.13. The number of phenols is 1. The number of aromatic hydroxyl groups is 1. The van der Waals surface area contributed by atoms with E-state index in [9.17, 15) is 21.9 Å². The number of hydrogen-bond donors (Lipinski definition) is 2. The van der Waals surface area contributed by atoms with Crippen LogP contribution >= 0.6 is 0 Å². The van der Waals surface area contributed by atoms with E-state index in [1.54, 1.807) is 24.3 Å². The summed E-state index contributed by atoms with van der Waals surface area (Å²) in [5.41, 5.74) is 0.0563. The quantitative estimate of drug-likeness (QED) is 0.610. The van der Waals surface area contributed by atoms with Crippen molar-refractivity contribution in [3.63, 3.8) is 0 Å². The fraction of sp³-hybridized carbons (Fsp3) is 0. The molecule has 0 heterocycles. The third kappa shape index (κ3) is 4.39. The minimum Gasteiger partial charge on any atom is -0.504 e. The minimum absolute atomic E-state index is 0.0523. The molecule has 0 aromatic heterocycles. The average molecular weight is 405 g/mol. The van der Waals surface area contributed by atoms with E-state index in [2.05, 4.69) is 4.72 Å². The van der Waals surface area contributed by atoms with E-state index in [1.807, 2.05) is 0 Å². The molecular weight excluding hydrogens is 390 g/mol. The molecule has 0 unspecified atom stereocenters. The van der Waals surface area contributed by atoms with Crippen molar-refractivity contribution in [2.75, 3.05) is 4.72 Å². The standard InChI is InChI=1S/C18H15NO6S2/c20-17-13-14(19-26(21,22)15-7-3-1-4-8-15)11-12-18(17)25-27(23,24)16-9-5-2-6-10-16/h1-13,19-20H. The lowest BCUT2D eigenvalue weighted by atomic mass is 10.3. The highest BCUT2D eigenvalue weighted by atomic mass is 32.2. The van der Waals surface area contributed by atoms with Gasteiger partial charge in [0.1, 0.15) is 4.90 Å². The van der Waals surface area contributed by atoms with E-state index in [0.717, 1.165) is 6.07 Å². The van der Waals surface area contributed by atoms with Crippen LogP contribution in [0.2, 0.25) is 0 Å². The van der Waals surface area contributed by atoms with Gasteiger partial charge >= 0.3 is 10.1 Å². The summed E-state index contributed by atoms with van der Waals surface area (Å²) in [7, 11) is -7.97. The van der Waals surface area contributed by atoms with Gasteiger partial charge in [0, 0.05) is 6.07 Å². The molecule has 2 N–H and O–H groups in total. The Bertz CT molecular complexity index is 1140. The maximum absolute atomic E-state index is 12.3. The van der Waals surface area contributed by atoms with Crippen LogP contribution in [0.4, 0.5) is 5.69 Å². The Morgan fingerprint density at radius 1 is 0.741 bits per heavy atom. The molecule has 0 fully saturated rings. The first-order valence-electron chi connectivity index (χ1n) is 7.68. The highest BCUT2D eigenvalue weighted by Crippen LogP contribution is 2.32. The first-order valence-corrected chi connectivity index (χ1v) is 10.6. The van der Waals surface area contributed by atoms with E-state index in [1.165, 1.54) is 48.5 Å². The molecule has 27 heavy (non-hydrogen) atoms. The van der Waals surface area contributed by atoms with Crippen molar-refractivity contribution in [1.29, 1.82) is 0 Å². The van der Waals surface area contributed by atoms with Crippen LogP contribution in [0.5, 0.6) is 11.5 Å². The second kappa shape index (κ2) is 7.29. The molecule has 0 bridgehead atoms. The topological polar surface area (TPSA) is 110 Å². The van der Waals surface area contributed by atoms with Crippen molar-refractivity contribution >= 4 is 25.8 Å². The normalized spacial score (nSPS) is 11.7. The molecule has 9 heteroatoms. The van der Waals surface area contributed by atoms with Gasteiger partial charge in [-0.25, -0.2) is 8.42 Å². The van der Waals surface area contributed by atoms with Crippen LogP contribution < -0.4 is 8.91 Å². The van der Waals surface area contributed by atoms with E-state index in [4.69, 9.17) is 4.18 Å². The molecule has 0 atom stereocenters. The van der Waals surface area contributed by atoms with Crippen LogP contribution in [0.25, 0.3) is 0 Å². The second-order valence-corrected chi connectivity index (χ2v) is 8.68. The van der Waals surface area contributed by atoms with E-state index in [-0.39, 0.29) is 21.2 Å². The summed E-state index contributed by atoms with van der Waals surface area (Å²) in [6.45, 7) is 0. The Balaban J connectivity index is 1.82. The molecule has 0 radical (unpaired) electrons. The Hall–Kier alpha value is -3.04. The Labute approximate surface area is 157 Å². The summed E-state index contributed by atoms with van der Waals surface area (Å²) >= 11 is 0. The summed E-state index contributed by atoms with van der Waals surface area (Å²) < 4.78 is 56.2. The predicted molar refractivity (Wildman–Crippen MR) is 99.6 cm³/mol. The van der Waals surface area contributed by atoms with E-state index >= 15 is 0 Å². The molecule has 0 amide bonds. The molecule has 0 saturated carbocycles. The largest absolute Gasteiger partial charge is 0.504 e. The highest BCUT2D eigenvalue weighted by Gasteiger charge is 2.19. The monoisotopic (exact) mass is 405 g/mol. The van der Waals surface area contributed by atoms with Crippen LogP contribution in [0, 0.1) is 0 Å². The van der Waals surface area contributed by atoms with Crippen LogP contribution in [-0.2, 0) is 20.1 Å². The van der Waals surface area contributed by atoms with Gasteiger partial charge in [0.25, 0.3) is 10.0 Å². The summed E-state index contributed by atoms with van der Waals surface area (Å²) in [6, 6.07) is 18.7. The Morgan fingerprint density at radius 3 is 1.85 bits per heavy atom. The molecule has 7 nitrogen and oxygen atoms in total. The van der Waals surface area contributed by atoms with E-state index < -0.39 is 25.9 Å². The SMILES string of the molecule is O=S(=O)(Nc1ccc(OS(=O)(=O)c2ccccc2)c(O)c1)c1ccccc1. The number of nitrogens with one attached hydrogen (secondary N) is 1. The maximum Gasteiger partial charge on any atom is 0.339 e. The molecule has 3 rings (SSSR count). The maximum atomic E-state index is 12.3. The van der Waals surface area contributed by atoms with Crippen LogP contribution in [0.1, 0.15) is 0 Å². The van der Waals surface area contributed by atoms with Gasteiger partial charge < -0.3 is 9.29 Å². The van der Waals surface area contributed by atoms with Crippen LogP contribution in [-0.4, -0.2) is 21.9 Å². The summed E-state index contributed by atoms with van der Waals surface area (Å²) in [5, 5.41) is 10.0. The lowest BCUT2D eigenvalue weighted by Crippen LogP contribution is -2.13. The first-order chi connectivity index (χ1) is 12.8. The number of rotatable bonds is 6. The van der Waals surface area contributed by atoms with Crippen LogP contribution in [0.15, 0.2) is 88.7 Å². The van der Waals surface area contributed by atoms with Crippen molar-refractivity contribution in [2.45, 2.75) is 9.79 Å². The van der Waals surface area contributed by atoms with Gasteiger partial charge in [0.15, 0.2) is 11.5 Å². The second-order valence-electron chi connectivity index (χ2n) is 5.45. The zero-order valence-corrected chi connectivity index (χ0v) is 15.4. The number of anilines is 1. The molecule has 0 saturated heterocycles. The summed E-state index contributed by atoms with van der Waals surface area (Å²) in [5.74, 6) is -0.843. The van der Waals surface area contributed by atoms with Crippen molar-refractivity contribution in [1.82, 2.24) is 0 Å². The van der Waals surface area contributed by atoms with Gasteiger partial charge in [-0.3, -0.25) is 4.72 Å². The number of phenolic OH excluding ortho intramolecular Hbond substituents is 1. The molecule has 0 aliphatic carbocycles. The smallest absolute Gasteiger partial charge is 0.339 e. The molecule has 3 aromatic carbocycles. The third-order valence-corrected chi connectivity index (χ3v) is 6.14. The molecule has 0 spiro atoms. The fourth-order valence-electron chi connectivity index (χ4n) is 2.22. The molecule has 0 aliphatic heterocycles. The molecule has 0 aliphatic rings. The molecular formula is C18H15NO6S2. The fourth-order valence-corrected chi connectivity index (χ4v) is 4.25. The summed E-state index contributed by atoms with van der Waals surface area (Å²) in [4.78, 5) is -0.0188. The Morgan fingerprint density at radius 2 is 1.30 bits per heavy atom. The van der Waals surface area contributed by atoms with Crippen molar-refractivity contribution < 1.29 is 26.1 Å². The average Bonchev–Trinajstić information content (AvgIpc) is 2.65. The predicted octanol–water partition coefficient (Wildman–Crippen LogP) is 2.96. The highest BCUT2D eigenvalue weighted by molar-refractivity contribution is 7.92. The first kappa shape index (κ1) is 18.7. The lowest BCUT2D eigenvalue weighted by Gasteiger charge is -2.11. The molecule has 140 valence electrons. The molecule has 3 aromatic rings. The zero-order chi connectivity index (χ0) is 19.5. The van der Waals surface area contributed by atoms with Gasteiger partial charge in [-0.2, -0.15) is 8.42 Å². The van der Waals surface area contributed by atoms with E-state index in [0.29, 0.717) is 0 Å². The van der Waals surface area contributed by atoms with Crippen molar-refractivity contribution in [3.05, 3.63) is 78.9 Å². The van der Waals surface area contributed by atoms with Crippen LogP contribution in [0.3, 0.4) is 0 Å².